The van der Waals surface area contributed by atoms with E-state index in [1.165, 1.54) is 17.2 Å². The van der Waals surface area contributed by atoms with Crippen molar-refractivity contribution in [2.24, 2.45) is 0 Å². The van der Waals surface area contributed by atoms with Crippen molar-refractivity contribution in [2.45, 2.75) is 19.4 Å². The molecular weight excluding hydrogens is 480 g/mol. The normalized spacial score (nSPS) is 12.4. The number of hydrogen-bond donors (Lipinski definition) is 1. The topological polar surface area (TPSA) is 129 Å². The summed E-state index contributed by atoms with van der Waals surface area (Å²) >= 11 is 6.30. The Bertz CT molecular complexity index is 1440. The third kappa shape index (κ3) is 5.49. The summed E-state index contributed by atoms with van der Waals surface area (Å²) in [6.45, 7) is 1.87. The van der Waals surface area contributed by atoms with E-state index in [1.54, 1.807) is 36.5 Å². The number of rotatable bonds is 8. The maximum atomic E-state index is 13.0. The Morgan fingerprint density at radius 1 is 1.15 bits per heavy atom. The number of hydrogen-bond acceptors (Lipinski definition) is 8. The van der Waals surface area contributed by atoms with Gasteiger partial charge in [-0.2, -0.15) is 5.10 Å². The number of aromatic nitrogens is 5. The Hall–Kier alpha value is -3.57. The first kappa shape index (κ1) is 23.6. The molecule has 3 aromatic heterocycles. The van der Waals surface area contributed by atoms with Crippen molar-refractivity contribution in [3.05, 3.63) is 65.7 Å². The molecule has 1 aromatic carbocycles. The smallest absolute Gasteiger partial charge is 0.266 e. The summed E-state index contributed by atoms with van der Waals surface area (Å²) < 4.78 is 31.0. The number of sulfone groups is 1. The van der Waals surface area contributed by atoms with E-state index in [0.29, 0.717) is 27.6 Å². The van der Waals surface area contributed by atoms with E-state index in [2.05, 4.69) is 25.4 Å². The lowest BCUT2D eigenvalue weighted by Gasteiger charge is -2.18. The zero-order chi connectivity index (χ0) is 24.3. The van der Waals surface area contributed by atoms with Crippen molar-refractivity contribution in [1.29, 1.82) is 0 Å². The molecule has 0 saturated carbocycles. The molecule has 176 valence electrons. The van der Waals surface area contributed by atoms with E-state index in [0.717, 1.165) is 11.8 Å². The molecule has 0 spiro atoms. The molecule has 12 heteroatoms. The summed E-state index contributed by atoms with van der Waals surface area (Å²) in [5.41, 5.74) is 1.96. The van der Waals surface area contributed by atoms with Gasteiger partial charge in [0.15, 0.2) is 11.8 Å². The minimum atomic E-state index is -3.34. The standard InChI is InChI=1S/C22H21ClN6O4S/c1-14-7-8-19(24-11-14)28-21(30)18(9-10-34(2,31)32)33-22-15-12-27-29(20(15)25-13-26-22)17-6-4-3-5-16(17)23/h3-8,11-13,18H,9-10H2,1-2H3,(H,24,28,30)/t18-/m0/s1. The maximum Gasteiger partial charge on any atom is 0.266 e. The lowest BCUT2D eigenvalue weighted by Crippen LogP contribution is -2.35. The van der Waals surface area contributed by atoms with Gasteiger partial charge in [0, 0.05) is 18.9 Å². The number of aryl methyl sites for hydroxylation is 1. The van der Waals surface area contributed by atoms with Gasteiger partial charge in [0.1, 0.15) is 27.4 Å². The van der Waals surface area contributed by atoms with Crippen molar-refractivity contribution in [3.63, 3.8) is 0 Å². The van der Waals surface area contributed by atoms with E-state index >= 15 is 0 Å². The molecule has 1 atom stereocenters. The van der Waals surface area contributed by atoms with Crippen LogP contribution in [0.3, 0.4) is 0 Å². The summed E-state index contributed by atoms with van der Waals surface area (Å²) in [5, 5.41) is 7.92. The summed E-state index contributed by atoms with van der Waals surface area (Å²) in [6, 6.07) is 10.6. The van der Waals surface area contributed by atoms with Crippen LogP contribution in [0.2, 0.25) is 5.02 Å². The average molecular weight is 501 g/mol. The highest BCUT2D eigenvalue weighted by molar-refractivity contribution is 7.90. The van der Waals surface area contributed by atoms with Crippen LogP contribution in [0.4, 0.5) is 5.82 Å². The van der Waals surface area contributed by atoms with Gasteiger partial charge in [-0.1, -0.05) is 29.8 Å². The summed E-state index contributed by atoms with van der Waals surface area (Å²) in [6.07, 6.45) is 4.25. The SMILES string of the molecule is Cc1ccc(NC(=O)[C@H](CCS(C)(=O)=O)Oc2ncnc3c2cnn3-c2ccccc2Cl)nc1. The molecule has 1 N–H and O–H groups in total. The van der Waals surface area contributed by atoms with E-state index in [-0.39, 0.29) is 18.1 Å². The van der Waals surface area contributed by atoms with Crippen LogP contribution >= 0.6 is 11.6 Å². The number of fused-ring (bicyclic) bond motifs is 1. The summed E-state index contributed by atoms with van der Waals surface area (Å²) in [5.74, 6) is -0.387. The van der Waals surface area contributed by atoms with Crippen LogP contribution in [0.25, 0.3) is 16.7 Å². The number of amides is 1. The van der Waals surface area contributed by atoms with Gasteiger partial charge >= 0.3 is 0 Å². The predicted molar refractivity (Wildman–Crippen MR) is 128 cm³/mol. The molecule has 0 aliphatic heterocycles. The molecule has 4 aromatic rings. The molecule has 3 heterocycles. The Morgan fingerprint density at radius 2 is 1.94 bits per heavy atom. The molecule has 10 nitrogen and oxygen atoms in total. The highest BCUT2D eigenvalue weighted by atomic mass is 35.5. The Balaban J connectivity index is 1.65. The highest BCUT2D eigenvalue weighted by Gasteiger charge is 2.25. The second kappa shape index (κ2) is 9.74. The molecule has 0 aliphatic rings. The largest absolute Gasteiger partial charge is 0.464 e. The number of nitrogens with zero attached hydrogens (tertiary/aromatic N) is 5. The van der Waals surface area contributed by atoms with Crippen LogP contribution in [-0.2, 0) is 14.6 Å². The fourth-order valence-corrected chi connectivity index (χ4v) is 4.02. The number of halogens is 1. The first-order valence-electron chi connectivity index (χ1n) is 10.2. The van der Waals surface area contributed by atoms with E-state index in [4.69, 9.17) is 16.3 Å². The second-order valence-electron chi connectivity index (χ2n) is 7.66. The number of nitrogens with one attached hydrogen (secondary N) is 1. The van der Waals surface area contributed by atoms with Crippen molar-refractivity contribution < 1.29 is 17.9 Å². The molecule has 0 fully saturated rings. The second-order valence-corrected chi connectivity index (χ2v) is 10.3. The van der Waals surface area contributed by atoms with Gasteiger partial charge in [0.2, 0.25) is 5.88 Å². The molecule has 0 saturated heterocycles. The lowest BCUT2D eigenvalue weighted by molar-refractivity contribution is -0.122. The molecule has 34 heavy (non-hydrogen) atoms. The molecule has 0 bridgehead atoms. The van der Waals surface area contributed by atoms with Crippen LogP contribution < -0.4 is 10.1 Å². The van der Waals surface area contributed by atoms with Crippen LogP contribution in [0.1, 0.15) is 12.0 Å². The van der Waals surface area contributed by atoms with Crippen LogP contribution in [0.5, 0.6) is 5.88 Å². The summed E-state index contributed by atoms with van der Waals surface area (Å²) in [4.78, 5) is 25.6. The van der Waals surface area contributed by atoms with Gasteiger partial charge in [0.25, 0.3) is 5.91 Å². The quantitative estimate of drug-likeness (QED) is 0.391. The van der Waals surface area contributed by atoms with E-state index in [1.807, 2.05) is 13.0 Å². The Labute approximate surface area is 200 Å². The molecule has 0 aliphatic carbocycles. The van der Waals surface area contributed by atoms with Gasteiger partial charge in [-0.05, 0) is 30.7 Å². The van der Waals surface area contributed by atoms with Crippen molar-refractivity contribution in [1.82, 2.24) is 24.7 Å². The molecule has 0 unspecified atom stereocenters. The zero-order valence-electron chi connectivity index (χ0n) is 18.3. The number of ether oxygens (including phenoxy) is 1. The van der Waals surface area contributed by atoms with Crippen LogP contribution in [0.15, 0.2) is 55.1 Å². The van der Waals surface area contributed by atoms with Gasteiger partial charge < -0.3 is 10.1 Å². The number of carbonyl (C=O) groups excluding carboxylic acids is 1. The van der Waals surface area contributed by atoms with Gasteiger partial charge in [-0.15, -0.1) is 0 Å². The third-order valence-electron chi connectivity index (χ3n) is 4.87. The van der Waals surface area contributed by atoms with Crippen LogP contribution in [0, 0.1) is 6.92 Å². The lowest BCUT2D eigenvalue weighted by atomic mass is 10.2. The third-order valence-corrected chi connectivity index (χ3v) is 6.17. The minimum absolute atomic E-state index is 0.0827. The highest BCUT2D eigenvalue weighted by Crippen LogP contribution is 2.27. The number of para-hydroxylation sites is 1. The first-order chi connectivity index (χ1) is 16.2. The average Bonchev–Trinajstić information content (AvgIpc) is 3.22. The first-order valence-corrected chi connectivity index (χ1v) is 12.7. The van der Waals surface area contributed by atoms with Gasteiger partial charge in [-0.3, -0.25) is 4.79 Å². The van der Waals surface area contributed by atoms with E-state index < -0.39 is 21.8 Å². The minimum Gasteiger partial charge on any atom is -0.464 e. The monoisotopic (exact) mass is 500 g/mol. The molecule has 0 radical (unpaired) electrons. The van der Waals surface area contributed by atoms with Gasteiger partial charge in [0.05, 0.1) is 22.7 Å². The van der Waals surface area contributed by atoms with Crippen molar-refractivity contribution in [2.75, 3.05) is 17.3 Å². The molecular formula is C22H21ClN6O4S. The molecule has 1 amide bonds. The predicted octanol–water partition coefficient (Wildman–Crippen LogP) is 2.99. The van der Waals surface area contributed by atoms with Crippen LogP contribution in [-0.4, -0.2) is 57.2 Å². The summed E-state index contributed by atoms with van der Waals surface area (Å²) in [7, 11) is -3.34. The molecule has 4 rings (SSSR count). The fraction of sp³-hybridized carbons (Fsp3) is 0.227. The van der Waals surface area contributed by atoms with Crippen molar-refractivity contribution in [3.8, 4) is 11.6 Å². The Kier molecular flexibility index (Phi) is 6.75. The van der Waals surface area contributed by atoms with Crippen molar-refractivity contribution >= 4 is 44.2 Å². The van der Waals surface area contributed by atoms with E-state index in [9.17, 15) is 13.2 Å². The number of carbonyl (C=O) groups is 1. The zero-order valence-corrected chi connectivity index (χ0v) is 19.9. The number of pyridine rings is 1. The number of anilines is 1. The fourth-order valence-electron chi connectivity index (χ4n) is 3.16. The Morgan fingerprint density at radius 3 is 2.65 bits per heavy atom. The maximum absolute atomic E-state index is 13.0. The van der Waals surface area contributed by atoms with Gasteiger partial charge in [-0.25, -0.2) is 28.1 Å². The number of benzene rings is 1.